The first-order valence-corrected chi connectivity index (χ1v) is 8.63. The summed E-state index contributed by atoms with van der Waals surface area (Å²) in [5.41, 5.74) is 7.42. The summed E-state index contributed by atoms with van der Waals surface area (Å²) in [6, 6.07) is 5.78. The van der Waals surface area contributed by atoms with Gasteiger partial charge >= 0.3 is 10.5 Å². The number of nitro benzene ring substituents is 1. The maximum Gasteiger partial charge on any atom is 0.341 e. The van der Waals surface area contributed by atoms with Gasteiger partial charge in [-0.05, 0) is 42.5 Å². The van der Waals surface area contributed by atoms with E-state index in [9.17, 15) is 14.9 Å². The number of carbonyl (C=O) groups excluding carboxylic acids is 1. The second-order valence-electron chi connectivity index (χ2n) is 7.23. The van der Waals surface area contributed by atoms with Gasteiger partial charge in [0.2, 0.25) is 0 Å². The van der Waals surface area contributed by atoms with Gasteiger partial charge < -0.3 is 14.9 Å². The van der Waals surface area contributed by atoms with Gasteiger partial charge in [0.05, 0.1) is 10.5 Å². The third kappa shape index (κ3) is 3.95. The van der Waals surface area contributed by atoms with Crippen molar-refractivity contribution in [1.82, 2.24) is 0 Å². The van der Waals surface area contributed by atoms with Crippen LogP contribution in [-0.4, -0.2) is 21.3 Å². The molecule has 2 aromatic carbocycles. The lowest BCUT2D eigenvalue weighted by molar-refractivity contribution is -0.384. The van der Waals surface area contributed by atoms with E-state index in [1.165, 1.54) is 24.3 Å². The van der Waals surface area contributed by atoms with Gasteiger partial charge in [0, 0.05) is 17.7 Å². The number of nitrogens with zero attached hydrogens (tertiary/aromatic N) is 1. The summed E-state index contributed by atoms with van der Waals surface area (Å²) in [6.45, 7) is 9.46. The Labute approximate surface area is 161 Å². The number of rotatable bonds is 5. The fraction of sp³-hybridized carbons (Fsp3) is 0.316. The van der Waals surface area contributed by atoms with Crippen molar-refractivity contribution in [2.75, 3.05) is 0 Å². The smallest absolute Gasteiger partial charge is 0.341 e. The van der Waals surface area contributed by atoms with E-state index < -0.39 is 16.2 Å². The molecule has 0 heterocycles. The van der Waals surface area contributed by atoms with Gasteiger partial charge in [-0.15, -0.1) is 0 Å². The summed E-state index contributed by atoms with van der Waals surface area (Å²) >= 11 is 0. The maximum absolute atomic E-state index is 12.0. The lowest BCUT2D eigenvalue weighted by Gasteiger charge is -2.29. The quantitative estimate of drug-likeness (QED) is 0.478. The van der Waals surface area contributed by atoms with E-state index >= 15 is 0 Å². The van der Waals surface area contributed by atoms with Crippen molar-refractivity contribution < 1.29 is 18.9 Å². The van der Waals surface area contributed by atoms with Crippen molar-refractivity contribution in [3.8, 4) is 17.2 Å². The molecule has 0 unspecified atom stereocenters. The van der Waals surface area contributed by atoms with E-state index in [2.05, 4.69) is 10.5 Å². The largest absolute Gasteiger partial charge is 0.540 e. The van der Waals surface area contributed by atoms with Crippen molar-refractivity contribution in [2.24, 2.45) is 5.73 Å². The fourth-order valence-corrected chi connectivity index (χ4v) is 3.11. The Hall–Kier alpha value is -2.87. The van der Waals surface area contributed by atoms with Gasteiger partial charge in [-0.3, -0.25) is 14.9 Å². The number of carbonyl (C=O) groups is 1. The Kier molecular flexibility index (Phi) is 5.60. The molecule has 2 aromatic rings. The van der Waals surface area contributed by atoms with Crippen LogP contribution in [0.5, 0.6) is 17.2 Å². The van der Waals surface area contributed by atoms with Crippen LogP contribution >= 0.6 is 0 Å². The predicted octanol–water partition coefficient (Wildman–Crippen LogP) is 3.86. The minimum Gasteiger partial charge on any atom is -0.540 e. The zero-order chi connectivity index (χ0) is 20.5. The van der Waals surface area contributed by atoms with Crippen LogP contribution in [0.1, 0.15) is 47.8 Å². The summed E-state index contributed by atoms with van der Waals surface area (Å²) in [4.78, 5) is 22.4. The molecule has 0 aromatic heterocycles. The van der Waals surface area contributed by atoms with Crippen molar-refractivity contribution in [3.05, 3.63) is 56.6 Å². The van der Waals surface area contributed by atoms with Crippen molar-refractivity contribution in [3.63, 3.8) is 0 Å². The van der Waals surface area contributed by atoms with Crippen molar-refractivity contribution in [1.29, 1.82) is 0 Å². The maximum atomic E-state index is 12.0. The topological polar surface area (TPSA) is 105 Å². The number of ether oxygens (including phenoxy) is 1. The second-order valence-corrected chi connectivity index (χ2v) is 7.43. The Bertz CT molecular complexity index is 902. The van der Waals surface area contributed by atoms with Gasteiger partial charge in [-0.25, -0.2) is 0 Å². The molecule has 0 aliphatic rings. The molecule has 2 rings (SSSR count). The molecule has 8 heteroatoms. The molecular weight excluding hydrogens is 364 g/mol. The first kappa shape index (κ1) is 20.4. The molecule has 0 saturated heterocycles. The Morgan fingerprint density at radius 2 is 1.67 bits per heavy atom. The number of nitro groups is 1. The molecule has 0 aliphatic heterocycles. The molecule has 0 spiro atoms. The minimum absolute atomic E-state index is 0.0282. The van der Waals surface area contributed by atoms with E-state index in [1.807, 2.05) is 27.7 Å². The standard InChI is InChI=1S/C19H21N2O5Si/c1-10-11(2)16(25-13-8-6-12(7-9-13)21(23)24)15(19(3,4)5)17(26-27)14(10)18(20)22/h6-9H,1-5H3,(H2,20,22). The number of primary amides is 1. The highest BCUT2D eigenvalue weighted by atomic mass is 28.2. The summed E-state index contributed by atoms with van der Waals surface area (Å²) in [7, 11) is 3.04. The molecule has 0 aliphatic carbocycles. The summed E-state index contributed by atoms with van der Waals surface area (Å²) in [5, 5.41) is 10.8. The van der Waals surface area contributed by atoms with Gasteiger partial charge in [0.15, 0.2) is 0 Å². The van der Waals surface area contributed by atoms with Crippen LogP contribution < -0.4 is 14.9 Å². The van der Waals surface area contributed by atoms with Gasteiger partial charge in [-0.1, -0.05) is 20.8 Å². The van der Waals surface area contributed by atoms with E-state index in [-0.39, 0.29) is 11.3 Å². The third-order valence-corrected chi connectivity index (χ3v) is 4.53. The molecule has 141 valence electrons. The highest BCUT2D eigenvalue weighted by molar-refractivity contribution is 6.04. The normalized spacial score (nSPS) is 11.2. The molecule has 0 atom stereocenters. The number of hydrogen-bond donors (Lipinski definition) is 1. The average Bonchev–Trinajstić information content (AvgIpc) is 2.57. The molecule has 2 N–H and O–H groups in total. The van der Waals surface area contributed by atoms with Crippen LogP contribution in [0.2, 0.25) is 0 Å². The van der Waals surface area contributed by atoms with Crippen LogP contribution in [0.15, 0.2) is 24.3 Å². The molecule has 3 radical (unpaired) electrons. The summed E-state index contributed by atoms with van der Waals surface area (Å²) in [5.74, 6) is 0.648. The lowest BCUT2D eigenvalue weighted by atomic mass is 9.81. The number of hydrogen-bond acceptors (Lipinski definition) is 5. The third-order valence-electron chi connectivity index (χ3n) is 4.33. The Morgan fingerprint density at radius 1 is 1.11 bits per heavy atom. The van der Waals surface area contributed by atoms with Gasteiger partial charge in [0.1, 0.15) is 17.2 Å². The highest BCUT2D eigenvalue weighted by Crippen LogP contribution is 2.46. The Balaban J connectivity index is 2.73. The lowest BCUT2D eigenvalue weighted by Crippen LogP contribution is -2.22. The molecular formula is C19H21N2O5Si. The van der Waals surface area contributed by atoms with Crippen LogP contribution in [0.3, 0.4) is 0 Å². The number of nitrogens with two attached hydrogens (primary N) is 1. The van der Waals surface area contributed by atoms with Gasteiger partial charge in [-0.2, -0.15) is 0 Å². The zero-order valence-corrected chi connectivity index (χ0v) is 16.9. The molecule has 0 fully saturated rings. The number of amides is 1. The van der Waals surface area contributed by atoms with Gasteiger partial charge in [0.25, 0.3) is 11.6 Å². The first-order valence-electron chi connectivity index (χ1n) is 8.22. The molecule has 27 heavy (non-hydrogen) atoms. The molecule has 1 amide bonds. The van der Waals surface area contributed by atoms with Crippen molar-refractivity contribution >= 4 is 22.1 Å². The van der Waals surface area contributed by atoms with Crippen molar-refractivity contribution in [2.45, 2.75) is 40.0 Å². The van der Waals surface area contributed by atoms with E-state index in [4.69, 9.17) is 14.9 Å². The van der Waals surface area contributed by atoms with E-state index in [0.717, 1.165) is 5.56 Å². The van der Waals surface area contributed by atoms with E-state index in [0.29, 0.717) is 28.4 Å². The highest BCUT2D eigenvalue weighted by Gasteiger charge is 2.31. The molecule has 7 nitrogen and oxygen atoms in total. The molecule has 0 saturated carbocycles. The van der Waals surface area contributed by atoms with E-state index in [1.54, 1.807) is 6.92 Å². The average molecular weight is 385 g/mol. The summed E-state index contributed by atoms with van der Waals surface area (Å²) < 4.78 is 11.4. The Morgan fingerprint density at radius 3 is 2.07 bits per heavy atom. The first-order chi connectivity index (χ1) is 12.5. The van der Waals surface area contributed by atoms with Crippen LogP contribution in [0, 0.1) is 24.0 Å². The van der Waals surface area contributed by atoms with Crippen LogP contribution in [-0.2, 0) is 5.41 Å². The second kappa shape index (κ2) is 7.40. The summed E-state index contributed by atoms with van der Waals surface area (Å²) in [6.07, 6.45) is 0. The predicted molar refractivity (Wildman–Crippen MR) is 103 cm³/mol. The van der Waals surface area contributed by atoms with Crippen LogP contribution in [0.4, 0.5) is 5.69 Å². The SMILES string of the molecule is Cc1c(C)c(C(N)=O)c(O[Si])c(C(C)(C)C)c1Oc1ccc([N+](=O)[O-])cc1. The molecule has 0 bridgehead atoms. The number of benzene rings is 2. The number of non-ortho nitro benzene ring substituents is 1. The fourth-order valence-electron chi connectivity index (χ4n) is 2.90. The monoisotopic (exact) mass is 385 g/mol. The minimum atomic E-state index is -0.601. The zero-order valence-electron chi connectivity index (χ0n) is 15.9. The van der Waals surface area contributed by atoms with Crippen LogP contribution in [0.25, 0.3) is 0 Å².